The van der Waals surface area contributed by atoms with E-state index < -0.39 is 29.3 Å². The number of nitrogens with zero attached hydrogens (tertiary/aromatic N) is 2. The summed E-state index contributed by atoms with van der Waals surface area (Å²) in [5.41, 5.74) is -2.46. The number of hydrogen-bond acceptors (Lipinski definition) is 2. The lowest BCUT2D eigenvalue weighted by Gasteiger charge is -2.37. The first kappa shape index (κ1) is 17.5. The average Bonchev–Trinajstić information content (AvgIpc) is 2.50. The molecule has 1 aromatic heterocycles. The maximum Gasteiger partial charge on any atom is 0.300 e. The molecule has 1 aliphatic rings. The van der Waals surface area contributed by atoms with Crippen LogP contribution >= 0.6 is 0 Å². The van der Waals surface area contributed by atoms with Crippen LogP contribution in [0, 0.1) is 12.7 Å². The van der Waals surface area contributed by atoms with Crippen LogP contribution in [-0.4, -0.2) is 16.2 Å². The lowest BCUT2D eigenvalue weighted by Crippen LogP contribution is -2.45. The third-order valence-electron chi connectivity index (χ3n) is 4.34. The van der Waals surface area contributed by atoms with Crippen molar-refractivity contribution in [2.24, 2.45) is 4.99 Å². The molecule has 0 bridgehead atoms. The van der Waals surface area contributed by atoms with Gasteiger partial charge in [0.2, 0.25) is 0 Å². The Morgan fingerprint density at radius 2 is 1.80 bits per heavy atom. The highest BCUT2D eigenvalue weighted by Gasteiger charge is 2.54. The predicted octanol–water partition coefficient (Wildman–Crippen LogP) is 5.19. The highest BCUT2D eigenvalue weighted by molar-refractivity contribution is 6.14. The van der Waals surface area contributed by atoms with E-state index in [2.05, 4.69) is 9.98 Å². The van der Waals surface area contributed by atoms with Gasteiger partial charge in [-0.05, 0) is 38.5 Å². The van der Waals surface area contributed by atoms with Crippen molar-refractivity contribution in [2.75, 3.05) is 0 Å². The van der Waals surface area contributed by atoms with Crippen LogP contribution in [0.1, 0.15) is 48.2 Å². The Balaban J connectivity index is 2.26. The minimum absolute atomic E-state index is 0.0599. The summed E-state index contributed by atoms with van der Waals surface area (Å²) in [4.78, 5) is 7.83. The number of rotatable bonds is 2. The van der Waals surface area contributed by atoms with Crippen molar-refractivity contribution in [1.29, 1.82) is 0 Å². The monoisotopic (exact) mass is 354 g/mol. The van der Waals surface area contributed by atoms with Gasteiger partial charge in [-0.3, -0.25) is 9.98 Å². The number of aliphatic imine (C=N–C) groups is 1. The Labute approximate surface area is 141 Å². The van der Waals surface area contributed by atoms with E-state index in [1.807, 2.05) is 0 Å². The number of aryl methyl sites for hydroxylation is 1. The van der Waals surface area contributed by atoms with Crippen molar-refractivity contribution in [3.63, 3.8) is 0 Å². The molecular weight excluding hydrogens is 339 g/mol. The fraction of sp³-hybridized carbons (Fsp3) is 0.333. The van der Waals surface area contributed by atoms with Gasteiger partial charge in [0.1, 0.15) is 17.1 Å². The third kappa shape index (κ3) is 2.62. The van der Waals surface area contributed by atoms with E-state index in [9.17, 15) is 22.0 Å². The molecule has 0 N–H and O–H groups in total. The predicted molar refractivity (Wildman–Crippen MR) is 83.9 cm³/mol. The molecule has 0 saturated heterocycles. The van der Waals surface area contributed by atoms with E-state index in [1.165, 1.54) is 39.0 Å². The number of halogens is 5. The Bertz CT molecular complexity index is 872. The fourth-order valence-corrected chi connectivity index (χ4v) is 2.92. The van der Waals surface area contributed by atoms with Gasteiger partial charge in [-0.1, -0.05) is 12.1 Å². The second kappa shape index (κ2) is 5.61. The standard InChI is InChI=1S/C18H15F5N2/c1-9-7-10(8-24-14(9)16(20)21)15-11-5-4-6-12(19)13(11)18(22,23)17(2,3)25-15/h4-8,16H,1-3H3. The van der Waals surface area contributed by atoms with Crippen molar-refractivity contribution in [3.05, 3.63) is 64.2 Å². The topological polar surface area (TPSA) is 25.2 Å². The summed E-state index contributed by atoms with van der Waals surface area (Å²) in [6.07, 6.45) is -1.59. The van der Waals surface area contributed by atoms with Gasteiger partial charge in [0.05, 0.1) is 11.3 Å². The van der Waals surface area contributed by atoms with E-state index in [-0.39, 0.29) is 28.1 Å². The van der Waals surface area contributed by atoms with Crippen LogP contribution in [0.25, 0.3) is 0 Å². The highest BCUT2D eigenvalue weighted by Crippen LogP contribution is 2.47. The molecule has 0 amide bonds. The molecule has 0 unspecified atom stereocenters. The molecule has 0 saturated carbocycles. The summed E-state index contributed by atoms with van der Waals surface area (Å²) in [7, 11) is 0. The molecule has 0 spiro atoms. The Kier molecular flexibility index (Phi) is 3.93. The van der Waals surface area contributed by atoms with Crippen LogP contribution in [0.4, 0.5) is 22.0 Å². The number of alkyl halides is 4. The molecule has 0 aliphatic carbocycles. The number of hydrogen-bond donors (Lipinski definition) is 0. The summed E-state index contributed by atoms with van der Waals surface area (Å²) in [6, 6.07) is 5.03. The lowest BCUT2D eigenvalue weighted by molar-refractivity contribution is -0.0710. The van der Waals surface area contributed by atoms with Crippen molar-refractivity contribution >= 4 is 5.71 Å². The van der Waals surface area contributed by atoms with Gasteiger partial charge in [-0.15, -0.1) is 0 Å². The molecular formula is C18H15F5N2. The Morgan fingerprint density at radius 3 is 2.40 bits per heavy atom. The van der Waals surface area contributed by atoms with E-state index in [0.717, 1.165) is 12.3 Å². The summed E-state index contributed by atoms with van der Waals surface area (Å²) in [5.74, 6) is -4.54. The van der Waals surface area contributed by atoms with Crippen molar-refractivity contribution in [3.8, 4) is 0 Å². The van der Waals surface area contributed by atoms with E-state index in [1.54, 1.807) is 0 Å². The lowest BCUT2D eigenvalue weighted by atomic mass is 9.81. The van der Waals surface area contributed by atoms with Crippen LogP contribution in [0.3, 0.4) is 0 Å². The zero-order valence-electron chi connectivity index (χ0n) is 13.7. The Hall–Kier alpha value is -2.31. The minimum Gasteiger partial charge on any atom is -0.271 e. The first-order valence-electron chi connectivity index (χ1n) is 7.58. The van der Waals surface area contributed by atoms with Crippen LogP contribution < -0.4 is 0 Å². The summed E-state index contributed by atoms with van der Waals surface area (Å²) < 4.78 is 69.4. The number of fused-ring (bicyclic) bond motifs is 1. The Morgan fingerprint density at radius 1 is 1.12 bits per heavy atom. The second-order valence-corrected chi connectivity index (χ2v) is 6.48. The highest BCUT2D eigenvalue weighted by atomic mass is 19.3. The second-order valence-electron chi connectivity index (χ2n) is 6.48. The minimum atomic E-state index is -3.51. The molecule has 2 aromatic rings. The fourth-order valence-electron chi connectivity index (χ4n) is 2.92. The van der Waals surface area contributed by atoms with Crippen LogP contribution in [0.2, 0.25) is 0 Å². The molecule has 2 heterocycles. The smallest absolute Gasteiger partial charge is 0.271 e. The number of aromatic nitrogens is 1. The maximum atomic E-state index is 14.7. The van der Waals surface area contributed by atoms with Gasteiger partial charge in [0.25, 0.3) is 6.43 Å². The van der Waals surface area contributed by atoms with E-state index >= 15 is 0 Å². The quantitative estimate of drug-likeness (QED) is 0.682. The molecule has 7 heteroatoms. The first-order chi connectivity index (χ1) is 11.6. The van der Waals surface area contributed by atoms with Gasteiger partial charge in [-0.2, -0.15) is 8.78 Å². The van der Waals surface area contributed by atoms with Crippen LogP contribution in [0.5, 0.6) is 0 Å². The number of pyridine rings is 1. The zero-order chi connectivity index (χ0) is 18.6. The van der Waals surface area contributed by atoms with Crippen molar-refractivity contribution < 1.29 is 22.0 Å². The molecule has 132 valence electrons. The molecule has 0 atom stereocenters. The maximum absolute atomic E-state index is 14.7. The zero-order valence-corrected chi connectivity index (χ0v) is 13.7. The average molecular weight is 354 g/mol. The SMILES string of the molecule is Cc1cc(C2=NC(C)(C)C(F)(F)c3c(F)cccc32)cnc1C(F)F. The van der Waals surface area contributed by atoms with Crippen molar-refractivity contribution in [1.82, 2.24) is 4.98 Å². The van der Waals surface area contributed by atoms with Gasteiger partial charge in [0, 0.05) is 17.3 Å². The molecule has 0 fully saturated rings. The molecule has 1 aromatic carbocycles. The normalized spacial score (nSPS) is 18.0. The largest absolute Gasteiger partial charge is 0.300 e. The third-order valence-corrected chi connectivity index (χ3v) is 4.34. The molecule has 25 heavy (non-hydrogen) atoms. The molecule has 0 radical (unpaired) electrons. The first-order valence-corrected chi connectivity index (χ1v) is 7.58. The molecule has 2 nitrogen and oxygen atoms in total. The summed E-state index contributed by atoms with van der Waals surface area (Å²) in [6.45, 7) is 3.86. The molecule has 1 aliphatic heterocycles. The summed E-state index contributed by atoms with van der Waals surface area (Å²) in [5, 5.41) is 0. The number of benzene rings is 1. The summed E-state index contributed by atoms with van der Waals surface area (Å²) >= 11 is 0. The van der Waals surface area contributed by atoms with E-state index in [4.69, 9.17) is 0 Å². The van der Waals surface area contributed by atoms with Gasteiger partial charge in [0.15, 0.2) is 0 Å². The molecule has 3 rings (SSSR count). The van der Waals surface area contributed by atoms with Gasteiger partial charge < -0.3 is 0 Å². The van der Waals surface area contributed by atoms with Gasteiger partial charge in [-0.25, -0.2) is 13.2 Å². The van der Waals surface area contributed by atoms with Gasteiger partial charge >= 0.3 is 5.92 Å². The van der Waals surface area contributed by atoms with Crippen molar-refractivity contribution in [2.45, 2.75) is 38.7 Å². The van der Waals surface area contributed by atoms with Crippen LogP contribution in [0.15, 0.2) is 35.5 Å². The van der Waals surface area contributed by atoms with Crippen LogP contribution in [-0.2, 0) is 5.92 Å². The van der Waals surface area contributed by atoms with E-state index in [0.29, 0.717) is 0 Å².